The molecule has 0 aliphatic carbocycles. The number of likely N-dealkylation sites (N-methyl/N-ethyl adjacent to an activating group) is 1. The molecule has 0 radical (unpaired) electrons. The van der Waals surface area contributed by atoms with Crippen molar-refractivity contribution >= 4 is 13.7 Å². The van der Waals surface area contributed by atoms with Crippen LogP contribution < -0.4 is 10.2 Å². The Labute approximate surface area is 461 Å². The fourth-order valence-electron chi connectivity index (χ4n) is 7.69. The van der Waals surface area contributed by atoms with Gasteiger partial charge in [0, 0.05) is 6.42 Å². The Morgan fingerprint density at radius 2 is 0.813 bits per heavy atom. The van der Waals surface area contributed by atoms with Gasteiger partial charge in [0.2, 0.25) is 5.91 Å². The van der Waals surface area contributed by atoms with E-state index in [2.05, 4.69) is 153 Å². The van der Waals surface area contributed by atoms with E-state index in [1.54, 1.807) is 6.08 Å². The number of amides is 1. The van der Waals surface area contributed by atoms with Crippen molar-refractivity contribution in [3.8, 4) is 0 Å². The normalized spacial score (nSPS) is 14.9. The lowest BCUT2D eigenvalue weighted by molar-refractivity contribution is -0.870. The number of rotatable bonds is 52. The summed E-state index contributed by atoms with van der Waals surface area (Å²) >= 11 is 0. The Balaban J connectivity index is 4.28. The zero-order valence-corrected chi connectivity index (χ0v) is 49.3. The Kier molecular flexibility index (Phi) is 52.5. The van der Waals surface area contributed by atoms with Gasteiger partial charge in [-0.3, -0.25) is 9.36 Å². The van der Waals surface area contributed by atoms with E-state index in [1.807, 2.05) is 27.2 Å². The minimum absolute atomic E-state index is 0.0156. The van der Waals surface area contributed by atoms with E-state index in [0.717, 1.165) is 109 Å². The van der Waals surface area contributed by atoms with Crippen molar-refractivity contribution in [1.29, 1.82) is 0 Å². The van der Waals surface area contributed by atoms with E-state index in [9.17, 15) is 19.4 Å². The van der Waals surface area contributed by atoms with Gasteiger partial charge in [-0.25, -0.2) is 0 Å². The lowest BCUT2D eigenvalue weighted by Gasteiger charge is -2.29. The zero-order chi connectivity index (χ0) is 54.9. The largest absolute Gasteiger partial charge is 0.756 e. The summed E-state index contributed by atoms with van der Waals surface area (Å²) in [6.07, 6.45) is 85.0. The quantitative estimate of drug-likeness (QED) is 0.0272. The van der Waals surface area contributed by atoms with Gasteiger partial charge in [-0.2, -0.15) is 0 Å². The van der Waals surface area contributed by atoms with Crippen LogP contribution in [0.3, 0.4) is 0 Å². The first kappa shape index (κ1) is 71.4. The van der Waals surface area contributed by atoms with Crippen molar-refractivity contribution in [2.24, 2.45) is 0 Å². The summed E-state index contributed by atoms with van der Waals surface area (Å²) in [5, 5.41) is 13.8. The summed E-state index contributed by atoms with van der Waals surface area (Å²) in [6, 6.07) is -0.915. The molecule has 3 unspecified atom stereocenters. The number of carbonyl (C=O) groups is 1. The molecule has 0 aliphatic rings. The van der Waals surface area contributed by atoms with E-state index in [0.29, 0.717) is 23.9 Å². The van der Waals surface area contributed by atoms with Gasteiger partial charge in [0.25, 0.3) is 7.82 Å². The highest BCUT2D eigenvalue weighted by atomic mass is 31.2. The van der Waals surface area contributed by atoms with Gasteiger partial charge in [0.05, 0.1) is 39.9 Å². The van der Waals surface area contributed by atoms with E-state index >= 15 is 0 Å². The molecule has 0 spiro atoms. The monoisotopic (exact) mass is 1060 g/mol. The molecule has 3 atom stereocenters. The maximum atomic E-state index is 13.0. The molecule has 0 fully saturated rings. The average molecular weight is 1060 g/mol. The van der Waals surface area contributed by atoms with Gasteiger partial charge in [-0.1, -0.05) is 250 Å². The second-order valence-corrected chi connectivity index (χ2v) is 22.0. The van der Waals surface area contributed by atoms with E-state index in [1.165, 1.54) is 77.0 Å². The fraction of sp³-hybridized carbons (Fsp3) is 0.621. The van der Waals surface area contributed by atoms with E-state index < -0.39 is 26.6 Å². The van der Waals surface area contributed by atoms with Crippen LogP contribution in [0.5, 0.6) is 0 Å². The Bertz CT molecular complexity index is 1720. The number of hydrogen-bond donors (Lipinski definition) is 2. The maximum absolute atomic E-state index is 13.0. The number of phosphoric ester groups is 1. The molecule has 0 bridgehead atoms. The third kappa shape index (κ3) is 57.9. The van der Waals surface area contributed by atoms with Gasteiger partial charge in [-0.05, 0) is 103 Å². The van der Waals surface area contributed by atoms with Crippen molar-refractivity contribution in [2.45, 2.75) is 225 Å². The number of unbranched alkanes of at least 4 members (excludes halogenated alkanes) is 17. The van der Waals surface area contributed by atoms with Crippen LogP contribution in [0.25, 0.3) is 0 Å². The number of aliphatic hydroxyl groups is 1. The van der Waals surface area contributed by atoms with Crippen molar-refractivity contribution in [2.75, 3.05) is 40.9 Å². The standard InChI is InChI=1S/C66H111N2O6P/c1-6-8-10-12-14-16-18-20-22-24-25-26-27-28-29-30-31-32-33-34-35-36-37-38-39-40-41-42-43-44-46-48-50-52-54-56-58-60-66(70)67-64(63-74-75(71,72)73-62-61-68(3,4)5)65(69)59-57-55-53-51-49-47-45-23-21-19-17-15-13-11-9-7-2/h8,10,14,16,20,22,25-26,28-29,31-32,34-35,37-38,40-41,43-44,48,50,57,59,64-65,69H,6-7,9,11-13,15,17-19,21,23-24,27,30,33,36,39,42,45-47,49,51-56,58,60-63H2,1-5H3,(H-,67,70,71,72)/b10-8-,16-14-,22-20-,26-25-,29-28-,32-31-,35-34-,38-37-,41-40-,44-43-,50-48-,59-57+. The topological polar surface area (TPSA) is 108 Å². The second kappa shape index (κ2) is 55.1. The summed E-state index contributed by atoms with van der Waals surface area (Å²) in [5.74, 6) is -0.235. The number of nitrogens with one attached hydrogen (secondary N) is 1. The molecule has 9 heteroatoms. The number of nitrogens with zero attached hydrogens (tertiary/aromatic N) is 1. The van der Waals surface area contributed by atoms with Crippen molar-refractivity contribution < 1.29 is 32.9 Å². The predicted molar refractivity (Wildman–Crippen MR) is 325 cm³/mol. The van der Waals surface area contributed by atoms with E-state index in [4.69, 9.17) is 9.05 Å². The van der Waals surface area contributed by atoms with Crippen LogP contribution in [0.1, 0.15) is 213 Å². The van der Waals surface area contributed by atoms with Crippen molar-refractivity contribution in [3.63, 3.8) is 0 Å². The summed E-state index contributed by atoms with van der Waals surface area (Å²) in [5.41, 5.74) is 0. The van der Waals surface area contributed by atoms with Crippen LogP contribution in [0.4, 0.5) is 0 Å². The molecule has 0 saturated heterocycles. The van der Waals surface area contributed by atoms with Crippen molar-refractivity contribution in [3.05, 3.63) is 146 Å². The molecule has 1 amide bonds. The first-order valence-corrected chi connectivity index (χ1v) is 31.2. The van der Waals surface area contributed by atoms with Crippen molar-refractivity contribution in [1.82, 2.24) is 5.32 Å². The summed E-state index contributed by atoms with van der Waals surface area (Å²) in [7, 11) is 1.22. The molecular weight excluding hydrogens is 948 g/mol. The zero-order valence-electron chi connectivity index (χ0n) is 48.4. The number of phosphoric acid groups is 1. The summed E-state index contributed by atoms with van der Waals surface area (Å²) < 4.78 is 23.3. The molecule has 0 heterocycles. The lowest BCUT2D eigenvalue weighted by Crippen LogP contribution is -2.45. The second-order valence-electron chi connectivity index (χ2n) is 20.6. The van der Waals surface area contributed by atoms with Gasteiger partial charge in [0.1, 0.15) is 13.2 Å². The van der Waals surface area contributed by atoms with E-state index in [-0.39, 0.29) is 12.5 Å². The third-order valence-corrected chi connectivity index (χ3v) is 13.3. The Hall–Kier alpha value is -3.62. The third-order valence-electron chi connectivity index (χ3n) is 12.3. The van der Waals surface area contributed by atoms with Crippen LogP contribution >= 0.6 is 7.82 Å². The van der Waals surface area contributed by atoms with Gasteiger partial charge < -0.3 is 28.8 Å². The van der Waals surface area contributed by atoms with Crippen LogP contribution in [0.15, 0.2) is 146 Å². The smallest absolute Gasteiger partial charge is 0.268 e. The van der Waals surface area contributed by atoms with Gasteiger partial charge >= 0.3 is 0 Å². The highest BCUT2D eigenvalue weighted by Crippen LogP contribution is 2.38. The van der Waals surface area contributed by atoms with Gasteiger partial charge in [0.15, 0.2) is 0 Å². The Morgan fingerprint density at radius 1 is 0.480 bits per heavy atom. The number of hydrogen-bond acceptors (Lipinski definition) is 6. The molecule has 0 aromatic heterocycles. The molecule has 0 rings (SSSR count). The predicted octanol–water partition coefficient (Wildman–Crippen LogP) is 17.8. The molecule has 8 nitrogen and oxygen atoms in total. The molecule has 0 aliphatic heterocycles. The minimum Gasteiger partial charge on any atom is -0.756 e. The highest BCUT2D eigenvalue weighted by molar-refractivity contribution is 7.45. The molecular formula is C66H111N2O6P. The van der Waals surface area contributed by atoms with Crippen LogP contribution in [0, 0.1) is 0 Å². The summed E-state index contributed by atoms with van der Waals surface area (Å²) in [6.45, 7) is 4.49. The first-order chi connectivity index (χ1) is 36.5. The SMILES string of the molecule is CC/C=C\C/C=C\C/C=C\C/C=C\C/C=C\C/C=C\C/C=C\C/C=C\C/C=C\C/C=C\C/C=C\CCCCCC(=O)NC(COP(=O)([O-])OCC[N+](C)(C)C)C(O)/C=C/CCCCCCCCCCCCCCCC. The average Bonchev–Trinajstić information content (AvgIpc) is 3.37. The maximum Gasteiger partial charge on any atom is 0.268 e. The van der Waals surface area contributed by atoms with Crippen LogP contribution in [-0.2, 0) is 18.4 Å². The van der Waals surface area contributed by atoms with Crippen LogP contribution in [0.2, 0.25) is 0 Å². The molecule has 0 aromatic rings. The molecule has 0 aromatic carbocycles. The number of aliphatic hydroxyl groups excluding tert-OH is 1. The molecule has 2 N–H and O–H groups in total. The number of allylic oxidation sites excluding steroid dienone is 23. The fourth-order valence-corrected chi connectivity index (χ4v) is 8.41. The lowest BCUT2D eigenvalue weighted by atomic mass is 10.0. The number of quaternary nitrogens is 1. The Morgan fingerprint density at radius 3 is 1.19 bits per heavy atom. The molecule has 0 saturated carbocycles. The molecule has 426 valence electrons. The molecule has 75 heavy (non-hydrogen) atoms. The van der Waals surface area contributed by atoms with Gasteiger partial charge in [-0.15, -0.1) is 0 Å². The first-order valence-electron chi connectivity index (χ1n) is 29.7. The van der Waals surface area contributed by atoms with Crippen LogP contribution in [-0.4, -0.2) is 68.5 Å². The highest BCUT2D eigenvalue weighted by Gasteiger charge is 2.23. The summed E-state index contributed by atoms with van der Waals surface area (Å²) in [4.78, 5) is 25.5. The number of carbonyl (C=O) groups excluding carboxylic acids is 1. The minimum atomic E-state index is -4.62.